The van der Waals surface area contributed by atoms with Gasteiger partial charge < -0.3 is 24.2 Å². The number of aliphatic hydroxyl groups is 1. The lowest BCUT2D eigenvalue weighted by molar-refractivity contribution is -0.140. The summed E-state index contributed by atoms with van der Waals surface area (Å²) in [6, 6.07) is 11.0. The Morgan fingerprint density at radius 1 is 1.13 bits per heavy atom. The fourth-order valence-corrected chi connectivity index (χ4v) is 3.75. The first-order valence-electron chi connectivity index (χ1n) is 9.76. The highest BCUT2D eigenvalue weighted by Crippen LogP contribution is 2.41. The Kier molecular flexibility index (Phi) is 7.20. The van der Waals surface area contributed by atoms with E-state index in [1.807, 2.05) is 6.92 Å². The zero-order chi connectivity index (χ0) is 22.5. The van der Waals surface area contributed by atoms with Gasteiger partial charge in [-0.25, -0.2) is 0 Å². The molecule has 1 N–H and O–H groups in total. The molecule has 1 heterocycles. The van der Waals surface area contributed by atoms with Gasteiger partial charge in [-0.1, -0.05) is 23.7 Å². The van der Waals surface area contributed by atoms with Crippen molar-refractivity contribution in [1.82, 2.24) is 4.90 Å². The summed E-state index contributed by atoms with van der Waals surface area (Å²) >= 11 is 6.32. The van der Waals surface area contributed by atoms with Crippen LogP contribution >= 0.6 is 11.6 Å². The fourth-order valence-electron chi connectivity index (χ4n) is 3.55. The molecule has 8 heteroatoms. The summed E-state index contributed by atoms with van der Waals surface area (Å²) in [7, 11) is 3.04. The number of carbonyl (C=O) groups is 2. The Morgan fingerprint density at radius 3 is 2.58 bits per heavy atom. The first-order valence-corrected chi connectivity index (χ1v) is 10.1. The minimum absolute atomic E-state index is 0.0510. The van der Waals surface area contributed by atoms with Crippen LogP contribution in [-0.2, 0) is 14.3 Å². The second-order valence-electron chi connectivity index (χ2n) is 6.84. The molecule has 1 fully saturated rings. The standard InChI is InChI=1S/C23H24ClNO6/c1-4-31-16-8-9-18(24)17(13-16)21(26)19-20(14-6-5-7-15(12-14)30-3)25(10-11-29-2)23(28)22(19)27/h5-9,12-13,20,26H,4,10-11H2,1-3H3/b21-19+. The molecule has 0 spiro atoms. The third-order valence-electron chi connectivity index (χ3n) is 4.99. The van der Waals surface area contributed by atoms with Crippen molar-refractivity contribution in [2.45, 2.75) is 13.0 Å². The van der Waals surface area contributed by atoms with E-state index in [-0.39, 0.29) is 35.1 Å². The van der Waals surface area contributed by atoms with Crippen LogP contribution in [0, 0.1) is 0 Å². The monoisotopic (exact) mass is 445 g/mol. The van der Waals surface area contributed by atoms with Crippen LogP contribution in [0.2, 0.25) is 5.02 Å². The number of hydrogen-bond acceptors (Lipinski definition) is 6. The molecule has 2 aromatic carbocycles. The van der Waals surface area contributed by atoms with E-state index in [0.717, 1.165) is 0 Å². The smallest absolute Gasteiger partial charge is 0.295 e. The van der Waals surface area contributed by atoms with Crippen molar-refractivity contribution in [2.24, 2.45) is 0 Å². The summed E-state index contributed by atoms with van der Waals surface area (Å²) in [4.78, 5) is 27.2. The van der Waals surface area contributed by atoms with E-state index in [4.69, 9.17) is 25.8 Å². The predicted octanol–water partition coefficient (Wildman–Crippen LogP) is 3.82. The molecule has 1 saturated heterocycles. The maximum atomic E-state index is 13.0. The molecule has 164 valence electrons. The SMILES string of the molecule is CCOc1ccc(Cl)c(/C(O)=C2\C(=O)C(=O)N(CCOC)C2c2cccc(OC)c2)c1. The van der Waals surface area contributed by atoms with E-state index in [1.54, 1.807) is 42.5 Å². The van der Waals surface area contributed by atoms with E-state index >= 15 is 0 Å². The Morgan fingerprint density at radius 2 is 1.90 bits per heavy atom. The third-order valence-corrected chi connectivity index (χ3v) is 5.32. The second kappa shape index (κ2) is 9.85. The average Bonchev–Trinajstić information content (AvgIpc) is 3.03. The number of benzene rings is 2. The molecule has 1 atom stereocenters. The first-order chi connectivity index (χ1) is 14.9. The van der Waals surface area contributed by atoms with Crippen LogP contribution in [0.5, 0.6) is 11.5 Å². The van der Waals surface area contributed by atoms with Crippen molar-refractivity contribution in [3.05, 3.63) is 64.2 Å². The Labute approximate surface area is 185 Å². The number of nitrogens with zero attached hydrogens (tertiary/aromatic N) is 1. The zero-order valence-electron chi connectivity index (χ0n) is 17.6. The van der Waals surface area contributed by atoms with E-state index in [2.05, 4.69) is 0 Å². The lowest BCUT2D eigenvalue weighted by atomic mass is 9.95. The van der Waals surface area contributed by atoms with Gasteiger partial charge in [0.15, 0.2) is 0 Å². The molecule has 0 saturated carbocycles. The zero-order valence-corrected chi connectivity index (χ0v) is 18.3. The topological polar surface area (TPSA) is 85.3 Å². The van der Waals surface area contributed by atoms with Crippen molar-refractivity contribution in [1.29, 1.82) is 0 Å². The number of aliphatic hydroxyl groups excluding tert-OH is 1. The van der Waals surface area contributed by atoms with Gasteiger partial charge in [0.1, 0.15) is 17.3 Å². The third kappa shape index (κ3) is 4.52. The minimum Gasteiger partial charge on any atom is -0.507 e. The number of hydrogen-bond donors (Lipinski definition) is 1. The molecule has 1 aliphatic heterocycles. The summed E-state index contributed by atoms with van der Waals surface area (Å²) in [6.45, 7) is 2.66. The Bertz CT molecular complexity index is 1020. The van der Waals surface area contributed by atoms with Crippen LogP contribution in [0.3, 0.4) is 0 Å². The van der Waals surface area contributed by atoms with Gasteiger partial charge in [-0.2, -0.15) is 0 Å². The number of Topliss-reactive ketones (excluding diaryl/α,β-unsaturated/α-hetero) is 1. The summed E-state index contributed by atoms with van der Waals surface area (Å²) in [6.07, 6.45) is 0. The van der Waals surface area contributed by atoms with Gasteiger partial charge in [0.25, 0.3) is 11.7 Å². The highest BCUT2D eigenvalue weighted by Gasteiger charge is 2.46. The number of ether oxygens (including phenoxy) is 3. The summed E-state index contributed by atoms with van der Waals surface area (Å²) in [5, 5.41) is 11.4. The lowest BCUT2D eigenvalue weighted by Gasteiger charge is -2.25. The van der Waals surface area contributed by atoms with Crippen molar-refractivity contribution in [2.75, 3.05) is 34.0 Å². The number of ketones is 1. The number of carbonyl (C=O) groups excluding carboxylic acids is 2. The molecule has 0 bridgehead atoms. The molecular formula is C23H24ClNO6. The molecule has 1 aliphatic rings. The molecular weight excluding hydrogens is 422 g/mol. The van der Waals surface area contributed by atoms with Crippen molar-refractivity contribution in [3.63, 3.8) is 0 Å². The summed E-state index contributed by atoms with van der Waals surface area (Å²) in [5.41, 5.74) is 0.781. The Hall–Kier alpha value is -3.03. The van der Waals surface area contributed by atoms with Crippen LogP contribution in [-0.4, -0.2) is 55.7 Å². The number of rotatable bonds is 8. The van der Waals surface area contributed by atoms with Gasteiger partial charge in [-0.05, 0) is 42.8 Å². The molecule has 0 radical (unpaired) electrons. The maximum absolute atomic E-state index is 13.0. The first kappa shape index (κ1) is 22.7. The van der Waals surface area contributed by atoms with Gasteiger partial charge in [0.2, 0.25) is 0 Å². The molecule has 31 heavy (non-hydrogen) atoms. The number of likely N-dealkylation sites (tertiary alicyclic amines) is 1. The molecule has 3 rings (SSSR count). The van der Waals surface area contributed by atoms with Crippen LogP contribution in [0.1, 0.15) is 24.1 Å². The predicted molar refractivity (Wildman–Crippen MR) is 117 cm³/mol. The molecule has 7 nitrogen and oxygen atoms in total. The molecule has 1 unspecified atom stereocenters. The number of halogens is 1. The summed E-state index contributed by atoms with van der Waals surface area (Å²) in [5.74, 6) is -0.827. The molecule has 0 aliphatic carbocycles. The summed E-state index contributed by atoms with van der Waals surface area (Å²) < 4.78 is 15.9. The van der Waals surface area contributed by atoms with Crippen molar-refractivity contribution in [3.8, 4) is 11.5 Å². The highest BCUT2D eigenvalue weighted by atomic mass is 35.5. The highest BCUT2D eigenvalue weighted by molar-refractivity contribution is 6.47. The van der Waals surface area contributed by atoms with Crippen LogP contribution in [0.4, 0.5) is 0 Å². The van der Waals surface area contributed by atoms with Gasteiger partial charge in [-0.3, -0.25) is 9.59 Å². The average molecular weight is 446 g/mol. The number of amides is 1. The van der Waals surface area contributed by atoms with Crippen LogP contribution in [0.15, 0.2) is 48.0 Å². The van der Waals surface area contributed by atoms with Crippen molar-refractivity contribution < 1.29 is 28.9 Å². The molecule has 2 aromatic rings. The van der Waals surface area contributed by atoms with Crippen LogP contribution < -0.4 is 9.47 Å². The van der Waals surface area contributed by atoms with E-state index in [9.17, 15) is 14.7 Å². The van der Waals surface area contributed by atoms with Gasteiger partial charge >= 0.3 is 0 Å². The fraction of sp³-hybridized carbons (Fsp3) is 0.304. The van der Waals surface area contributed by atoms with Gasteiger partial charge in [0, 0.05) is 19.2 Å². The van der Waals surface area contributed by atoms with Gasteiger partial charge in [-0.15, -0.1) is 0 Å². The van der Waals surface area contributed by atoms with Gasteiger partial charge in [0.05, 0.1) is 37.0 Å². The number of methoxy groups -OCH3 is 2. The normalized spacial score (nSPS) is 17.8. The largest absolute Gasteiger partial charge is 0.507 e. The minimum atomic E-state index is -0.822. The maximum Gasteiger partial charge on any atom is 0.295 e. The van der Waals surface area contributed by atoms with Crippen LogP contribution in [0.25, 0.3) is 5.76 Å². The molecule has 0 aromatic heterocycles. The van der Waals surface area contributed by atoms with E-state index in [0.29, 0.717) is 23.7 Å². The van der Waals surface area contributed by atoms with E-state index in [1.165, 1.54) is 19.1 Å². The molecule has 1 amide bonds. The quantitative estimate of drug-likeness (QED) is 0.378. The lowest BCUT2D eigenvalue weighted by Crippen LogP contribution is -2.32. The Balaban J connectivity index is 2.20. The van der Waals surface area contributed by atoms with Crippen molar-refractivity contribution >= 4 is 29.1 Å². The second-order valence-corrected chi connectivity index (χ2v) is 7.24. The van der Waals surface area contributed by atoms with E-state index < -0.39 is 17.7 Å².